The van der Waals surface area contributed by atoms with E-state index in [1.54, 1.807) is 44.3 Å². The Morgan fingerprint density at radius 2 is 1.68 bits per heavy atom. The van der Waals surface area contributed by atoms with Gasteiger partial charge in [0.05, 0.1) is 17.5 Å². The van der Waals surface area contributed by atoms with E-state index < -0.39 is 41.2 Å². The zero-order valence-electron chi connectivity index (χ0n) is 22.6. The van der Waals surface area contributed by atoms with Gasteiger partial charge >= 0.3 is 5.97 Å². The van der Waals surface area contributed by atoms with Crippen LogP contribution in [-0.4, -0.2) is 38.5 Å². The van der Waals surface area contributed by atoms with E-state index in [2.05, 4.69) is 10.3 Å². The number of nitrogens with one attached hydrogen (secondary N) is 2. The number of carbonyl (C=O) groups is 3. The lowest BCUT2D eigenvalue weighted by Gasteiger charge is -2.31. The number of carboxylic acid groups (broad SMARTS) is 1. The summed E-state index contributed by atoms with van der Waals surface area (Å²) < 4.78 is 0. The second-order valence-corrected chi connectivity index (χ2v) is 11.0. The molecule has 2 fully saturated rings. The Bertz CT molecular complexity index is 1650. The molecule has 2 aliphatic heterocycles. The number of imide groups is 1. The molecule has 3 heterocycles. The Hall–Kier alpha value is -4.43. The van der Waals surface area contributed by atoms with Crippen molar-refractivity contribution in [3.63, 3.8) is 0 Å². The maximum Gasteiger partial charge on any atom is 0.325 e. The monoisotopic (exact) mass is 537 g/mol. The third kappa shape index (κ3) is 3.74. The molecule has 2 saturated heterocycles. The Morgan fingerprint density at radius 3 is 2.33 bits per heavy atom. The van der Waals surface area contributed by atoms with Crippen molar-refractivity contribution in [1.82, 2.24) is 10.3 Å². The topological polar surface area (TPSA) is 123 Å². The highest BCUT2D eigenvalue weighted by atomic mass is 16.4. The van der Waals surface area contributed by atoms with E-state index in [1.165, 1.54) is 0 Å². The number of rotatable bonds is 6. The Kier molecular flexibility index (Phi) is 6.03. The lowest BCUT2D eigenvalue weighted by atomic mass is 9.76. The number of aliphatic carboxylic acids is 1. The summed E-state index contributed by atoms with van der Waals surface area (Å²) >= 11 is 0. The quantitative estimate of drug-likeness (QED) is 0.267. The van der Waals surface area contributed by atoms with Gasteiger partial charge in [-0.15, -0.1) is 0 Å². The van der Waals surface area contributed by atoms with Gasteiger partial charge in [-0.25, -0.2) is 4.90 Å². The molecule has 0 aliphatic carbocycles. The van der Waals surface area contributed by atoms with Crippen molar-refractivity contribution in [2.24, 2.45) is 11.8 Å². The van der Waals surface area contributed by atoms with Gasteiger partial charge in [-0.1, -0.05) is 49.4 Å². The van der Waals surface area contributed by atoms with Crippen molar-refractivity contribution in [2.45, 2.75) is 45.2 Å². The summed E-state index contributed by atoms with van der Waals surface area (Å²) in [5.74, 6) is -4.08. The molecule has 4 unspecified atom stereocenters. The van der Waals surface area contributed by atoms with Gasteiger partial charge in [0.1, 0.15) is 11.3 Å². The smallest absolute Gasteiger partial charge is 0.325 e. The van der Waals surface area contributed by atoms with E-state index in [1.807, 2.05) is 43.3 Å². The van der Waals surface area contributed by atoms with Crippen molar-refractivity contribution < 1.29 is 24.6 Å². The van der Waals surface area contributed by atoms with E-state index in [9.17, 15) is 24.6 Å². The van der Waals surface area contributed by atoms with E-state index in [0.29, 0.717) is 22.4 Å². The Morgan fingerprint density at radius 1 is 1.00 bits per heavy atom. The number of nitrogens with zero attached hydrogens (tertiary/aromatic N) is 1. The molecule has 8 heteroatoms. The summed E-state index contributed by atoms with van der Waals surface area (Å²) in [6.45, 7) is 5.55. The number of benzene rings is 3. The van der Waals surface area contributed by atoms with E-state index in [0.717, 1.165) is 33.4 Å². The molecule has 0 radical (unpaired) electrons. The zero-order chi connectivity index (χ0) is 28.3. The molecule has 40 heavy (non-hydrogen) atoms. The third-order valence-corrected chi connectivity index (χ3v) is 8.66. The molecule has 0 bridgehead atoms. The Labute approximate surface area is 231 Å². The molecule has 4 atom stereocenters. The van der Waals surface area contributed by atoms with Gasteiger partial charge in [0.15, 0.2) is 0 Å². The first-order chi connectivity index (χ1) is 19.2. The number of aryl methyl sites for hydroxylation is 3. The molecule has 1 aromatic heterocycles. The normalized spacial score (nSPS) is 24.2. The molecular weight excluding hydrogens is 506 g/mol. The number of carbonyl (C=O) groups excluding carboxylic acids is 2. The van der Waals surface area contributed by atoms with E-state index in [4.69, 9.17) is 0 Å². The number of carboxylic acids is 1. The number of aromatic nitrogens is 1. The highest BCUT2D eigenvalue weighted by Gasteiger charge is 2.68. The highest BCUT2D eigenvalue weighted by molar-refractivity contribution is 6.24. The number of H-pyrrole nitrogens is 1. The molecule has 6 rings (SSSR count). The lowest BCUT2D eigenvalue weighted by molar-refractivity contribution is -0.148. The molecule has 8 nitrogen and oxygen atoms in total. The van der Waals surface area contributed by atoms with Crippen molar-refractivity contribution in [3.05, 3.63) is 94.7 Å². The first-order valence-corrected chi connectivity index (χ1v) is 13.5. The molecule has 4 aromatic rings. The summed E-state index contributed by atoms with van der Waals surface area (Å²) in [6, 6.07) is 17.6. The van der Waals surface area contributed by atoms with Crippen LogP contribution in [0.25, 0.3) is 10.9 Å². The first kappa shape index (κ1) is 25.8. The van der Waals surface area contributed by atoms with Crippen LogP contribution in [0.15, 0.2) is 66.9 Å². The second-order valence-electron chi connectivity index (χ2n) is 11.0. The number of anilines is 1. The van der Waals surface area contributed by atoms with Crippen LogP contribution in [0, 0.1) is 25.7 Å². The van der Waals surface area contributed by atoms with Crippen LogP contribution in [0.5, 0.6) is 5.75 Å². The number of para-hydroxylation sites is 1. The molecule has 4 N–H and O–H groups in total. The largest absolute Gasteiger partial charge is 0.507 e. The molecular formula is C32H31N3O5. The minimum absolute atomic E-state index is 0.00168. The maximum atomic E-state index is 14.2. The van der Waals surface area contributed by atoms with Gasteiger partial charge in [0.25, 0.3) is 0 Å². The third-order valence-electron chi connectivity index (χ3n) is 8.66. The molecule has 3 aromatic carbocycles. The first-order valence-electron chi connectivity index (χ1n) is 13.5. The number of hydrogen-bond acceptors (Lipinski definition) is 5. The van der Waals surface area contributed by atoms with E-state index in [-0.39, 0.29) is 12.2 Å². The predicted octanol–water partition coefficient (Wildman–Crippen LogP) is 4.57. The van der Waals surface area contributed by atoms with Gasteiger partial charge in [-0.2, -0.15) is 0 Å². The van der Waals surface area contributed by atoms with E-state index >= 15 is 0 Å². The van der Waals surface area contributed by atoms with Crippen LogP contribution in [0.3, 0.4) is 0 Å². The van der Waals surface area contributed by atoms with Gasteiger partial charge in [0, 0.05) is 29.6 Å². The standard InChI is InChI=1S/C32H31N3O5/c1-4-19-9-11-22(12-10-19)35-29(37)25-26(30(35)38)32(31(39)40,15-21-16-33-24-8-6-5-7-23(21)24)34-27(25)20-13-17(2)28(36)18(3)14-20/h5-14,16,25-27,33-34,36H,4,15H2,1-3H3,(H,39,40). The lowest BCUT2D eigenvalue weighted by Crippen LogP contribution is -2.57. The van der Waals surface area contributed by atoms with Gasteiger partial charge in [-0.3, -0.25) is 19.7 Å². The average molecular weight is 538 g/mol. The van der Waals surface area contributed by atoms with Crippen LogP contribution in [0.2, 0.25) is 0 Å². The summed E-state index contributed by atoms with van der Waals surface area (Å²) in [6.07, 6.45) is 2.59. The van der Waals surface area contributed by atoms with Crippen LogP contribution >= 0.6 is 0 Å². The molecule has 0 spiro atoms. The fourth-order valence-electron chi connectivity index (χ4n) is 6.61. The van der Waals surface area contributed by atoms with Crippen molar-refractivity contribution in [1.29, 1.82) is 0 Å². The summed E-state index contributed by atoms with van der Waals surface area (Å²) in [4.78, 5) is 45.9. The minimum atomic E-state index is -1.75. The number of phenolic OH excluding ortho intramolecular Hbond substituents is 1. The summed E-state index contributed by atoms with van der Waals surface area (Å²) in [7, 11) is 0. The Balaban J connectivity index is 1.52. The van der Waals surface area contributed by atoms with Gasteiger partial charge < -0.3 is 15.2 Å². The van der Waals surface area contributed by atoms with Crippen LogP contribution < -0.4 is 10.2 Å². The molecule has 2 amide bonds. The molecule has 2 aliphatic rings. The number of fused-ring (bicyclic) bond motifs is 2. The predicted molar refractivity (Wildman–Crippen MR) is 151 cm³/mol. The van der Waals surface area contributed by atoms with Crippen LogP contribution in [0.1, 0.15) is 40.8 Å². The van der Waals surface area contributed by atoms with Crippen molar-refractivity contribution in [3.8, 4) is 5.75 Å². The number of amides is 2. The average Bonchev–Trinajstić information content (AvgIpc) is 3.59. The zero-order valence-corrected chi connectivity index (χ0v) is 22.6. The van der Waals surface area contributed by atoms with Crippen molar-refractivity contribution in [2.75, 3.05) is 4.90 Å². The van der Waals surface area contributed by atoms with Gasteiger partial charge in [0.2, 0.25) is 11.8 Å². The summed E-state index contributed by atoms with van der Waals surface area (Å²) in [5, 5.41) is 25.4. The number of aromatic hydroxyl groups is 1. The second kappa shape index (κ2) is 9.34. The highest BCUT2D eigenvalue weighted by Crippen LogP contribution is 2.51. The molecule has 0 saturated carbocycles. The van der Waals surface area contributed by atoms with Crippen LogP contribution in [0.4, 0.5) is 5.69 Å². The fraction of sp³-hybridized carbons (Fsp3) is 0.281. The minimum Gasteiger partial charge on any atom is -0.507 e. The van der Waals surface area contributed by atoms with Crippen LogP contribution in [-0.2, 0) is 27.2 Å². The fourth-order valence-corrected chi connectivity index (χ4v) is 6.61. The SMILES string of the molecule is CCc1ccc(N2C(=O)C3C(c4cc(C)c(O)c(C)c4)NC(Cc4c[nH]c5ccccc45)(C(=O)O)C3C2=O)cc1. The van der Waals surface area contributed by atoms with Crippen molar-refractivity contribution >= 4 is 34.4 Å². The summed E-state index contributed by atoms with van der Waals surface area (Å²) in [5.41, 5.74) is 3.25. The number of phenols is 1. The molecule has 204 valence electrons. The van der Waals surface area contributed by atoms with Gasteiger partial charge in [-0.05, 0) is 66.3 Å². The number of hydrogen-bond donors (Lipinski definition) is 4. The maximum absolute atomic E-state index is 14.2. The number of aromatic amines is 1.